The quantitative estimate of drug-likeness (QED) is 0.792. The van der Waals surface area contributed by atoms with Crippen LogP contribution in [0.25, 0.3) is 0 Å². The molecule has 1 saturated carbocycles. The highest BCUT2D eigenvalue weighted by atomic mass is 16.5. The van der Waals surface area contributed by atoms with Crippen molar-refractivity contribution < 1.29 is 19.1 Å². The molecular formula is C20H21N3O4. The Morgan fingerprint density at radius 1 is 1.00 bits per heavy atom. The predicted molar refractivity (Wildman–Crippen MR) is 99.7 cm³/mol. The molecule has 1 aliphatic rings. The largest absolute Gasteiger partial charge is 0.465 e. The van der Waals surface area contributed by atoms with E-state index in [1.807, 2.05) is 0 Å². The molecule has 27 heavy (non-hydrogen) atoms. The molecule has 7 heteroatoms. The lowest BCUT2D eigenvalue weighted by Crippen LogP contribution is -2.33. The topological polar surface area (TPSA) is 97.4 Å². The average Bonchev–Trinajstić information content (AvgIpc) is 3.21. The molecule has 0 saturated heterocycles. The lowest BCUT2D eigenvalue weighted by atomic mass is 10.1. The molecule has 2 aromatic rings. The minimum absolute atomic E-state index is 0.185. The predicted octanol–water partition coefficient (Wildman–Crippen LogP) is 2.79. The summed E-state index contributed by atoms with van der Waals surface area (Å²) >= 11 is 0. The number of anilines is 1. The molecule has 0 unspecified atom stereocenters. The fourth-order valence-corrected chi connectivity index (χ4v) is 3.04. The minimum Gasteiger partial charge on any atom is -0.465 e. The summed E-state index contributed by atoms with van der Waals surface area (Å²) in [6, 6.07) is 9.55. The fourth-order valence-electron chi connectivity index (χ4n) is 3.04. The van der Waals surface area contributed by atoms with Crippen LogP contribution in [-0.2, 0) is 4.74 Å². The second kappa shape index (κ2) is 8.44. The van der Waals surface area contributed by atoms with Crippen LogP contribution in [0, 0.1) is 0 Å². The third kappa shape index (κ3) is 4.69. The number of methoxy groups -OCH3 is 1. The molecule has 0 radical (unpaired) electrons. The molecule has 2 amide bonds. The van der Waals surface area contributed by atoms with Gasteiger partial charge in [-0.2, -0.15) is 0 Å². The number of carbonyl (C=O) groups excluding carboxylic acids is 3. The standard InChI is InChI=1S/C20H21N3O4/c1-27-20(26)13-6-8-16(9-7-13)22-18(24)14-10-11-21-17(12-14)19(25)23-15-4-2-3-5-15/h6-12,15H,2-5H2,1H3,(H,22,24)(H,23,25). The Bertz CT molecular complexity index is 843. The van der Waals surface area contributed by atoms with Gasteiger partial charge in [-0.15, -0.1) is 0 Å². The van der Waals surface area contributed by atoms with E-state index >= 15 is 0 Å². The van der Waals surface area contributed by atoms with Gasteiger partial charge in [0.2, 0.25) is 0 Å². The summed E-state index contributed by atoms with van der Waals surface area (Å²) in [5.41, 5.74) is 1.47. The third-order valence-electron chi connectivity index (χ3n) is 4.51. The Balaban J connectivity index is 1.66. The smallest absolute Gasteiger partial charge is 0.337 e. The normalized spacial score (nSPS) is 13.8. The van der Waals surface area contributed by atoms with Gasteiger partial charge in [-0.25, -0.2) is 4.79 Å². The molecule has 0 spiro atoms. The molecule has 0 bridgehead atoms. The maximum atomic E-state index is 12.4. The zero-order valence-electron chi connectivity index (χ0n) is 15.0. The zero-order chi connectivity index (χ0) is 19.2. The number of amides is 2. The average molecular weight is 367 g/mol. The number of benzene rings is 1. The van der Waals surface area contributed by atoms with E-state index in [0.29, 0.717) is 16.8 Å². The molecule has 1 fully saturated rings. The van der Waals surface area contributed by atoms with Crippen LogP contribution in [0.2, 0.25) is 0 Å². The molecule has 7 nitrogen and oxygen atoms in total. The van der Waals surface area contributed by atoms with Crippen molar-refractivity contribution in [3.63, 3.8) is 0 Å². The van der Waals surface area contributed by atoms with Crippen LogP contribution in [0.15, 0.2) is 42.6 Å². The zero-order valence-corrected chi connectivity index (χ0v) is 15.0. The van der Waals surface area contributed by atoms with E-state index in [-0.39, 0.29) is 23.6 Å². The number of ether oxygens (including phenoxy) is 1. The maximum absolute atomic E-state index is 12.4. The number of esters is 1. The van der Waals surface area contributed by atoms with Crippen molar-refractivity contribution in [2.24, 2.45) is 0 Å². The van der Waals surface area contributed by atoms with Crippen LogP contribution in [0.3, 0.4) is 0 Å². The van der Waals surface area contributed by atoms with Gasteiger partial charge in [-0.1, -0.05) is 12.8 Å². The lowest BCUT2D eigenvalue weighted by molar-refractivity contribution is 0.0600. The van der Waals surface area contributed by atoms with Crippen LogP contribution in [-0.4, -0.2) is 35.9 Å². The number of nitrogens with one attached hydrogen (secondary N) is 2. The van der Waals surface area contributed by atoms with Gasteiger partial charge >= 0.3 is 5.97 Å². The number of pyridine rings is 1. The molecule has 1 heterocycles. The van der Waals surface area contributed by atoms with Crippen molar-refractivity contribution in [1.82, 2.24) is 10.3 Å². The van der Waals surface area contributed by atoms with Crippen LogP contribution in [0.1, 0.15) is 56.9 Å². The van der Waals surface area contributed by atoms with E-state index in [9.17, 15) is 14.4 Å². The fraction of sp³-hybridized carbons (Fsp3) is 0.300. The summed E-state index contributed by atoms with van der Waals surface area (Å²) in [4.78, 5) is 40.3. The van der Waals surface area contributed by atoms with Crippen molar-refractivity contribution in [2.45, 2.75) is 31.7 Å². The van der Waals surface area contributed by atoms with Crippen molar-refractivity contribution in [3.05, 3.63) is 59.4 Å². The highest BCUT2D eigenvalue weighted by Crippen LogP contribution is 2.18. The van der Waals surface area contributed by atoms with Crippen LogP contribution in [0.5, 0.6) is 0 Å². The first-order valence-corrected chi connectivity index (χ1v) is 8.83. The summed E-state index contributed by atoms with van der Waals surface area (Å²) < 4.78 is 4.64. The van der Waals surface area contributed by atoms with E-state index in [2.05, 4.69) is 20.4 Å². The first-order valence-electron chi connectivity index (χ1n) is 8.83. The highest BCUT2D eigenvalue weighted by molar-refractivity contribution is 6.05. The number of rotatable bonds is 5. The Kier molecular flexibility index (Phi) is 5.80. The SMILES string of the molecule is COC(=O)c1ccc(NC(=O)c2ccnc(C(=O)NC3CCCC3)c2)cc1. The van der Waals surface area contributed by atoms with Gasteiger partial charge in [-0.05, 0) is 49.2 Å². The molecule has 1 aliphatic carbocycles. The monoisotopic (exact) mass is 367 g/mol. The van der Waals surface area contributed by atoms with Gasteiger partial charge < -0.3 is 15.4 Å². The molecule has 1 aromatic heterocycles. The Hall–Kier alpha value is -3.22. The number of aromatic nitrogens is 1. The Labute approximate surface area is 157 Å². The molecular weight excluding hydrogens is 346 g/mol. The second-order valence-electron chi connectivity index (χ2n) is 6.41. The van der Waals surface area contributed by atoms with Gasteiger partial charge in [0.05, 0.1) is 12.7 Å². The third-order valence-corrected chi connectivity index (χ3v) is 4.51. The molecule has 0 atom stereocenters. The summed E-state index contributed by atoms with van der Waals surface area (Å²) in [6.07, 6.45) is 5.64. The summed E-state index contributed by atoms with van der Waals surface area (Å²) in [6.45, 7) is 0. The van der Waals surface area contributed by atoms with Gasteiger partial charge in [0.15, 0.2) is 0 Å². The van der Waals surface area contributed by atoms with E-state index in [1.165, 1.54) is 19.4 Å². The maximum Gasteiger partial charge on any atom is 0.337 e. The lowest BCUT2D eigenvalue weighted by Gasteiger charge is -2.12. The molecule has 140 valence electrons. The number of hydrogen-bond acceptors (Lipinski definition) is 5. The number of carbonyl (C=O) groups is 3. The summed E-state index contributed by atoms with van der Waals surface area (Å²) in [5.74, 6) is -1.07. The number of hydrogen-bond donors (Lipinski definition) is 2. The van der Waals surface area contributed by atoms with Gasteiger partial charge in [0.1, 0.15) is 5.69 Å². The molecule has 3 rings (SSSR count). The Morgan fingerprint density at radius 3 is 2.37 bits per heavy atom. The first kappa shape index (κ1) is 18.6. The minimum atomic E-state index is -0.445. The summed E-state index contributed by atoms with van der Waals surface area (Å²) in [7, 11) is 1.31. The van der Waals surface area contributed by atoms with Crippen molar-refractivity contribution in [2.75, 3.05) is 12.4 Å². The van der Waals surface area contributed by atoms with Gasteiger partial charge in [0, 0.05) is 23.5 Å². The van der Waals surface area contributed by atoms with Crippen LogP contribution >= 0.6 is 0 Å². The molecule has 2 N–H and O–H groups in total. The van der Waals surface area contributed by atoms with Gasteiger partial charge in [-0.3, -0.25) is 14.6 Å². The highest BCUT2D eigenvalue weighted by Gasteiger charge is 2.19. The Morgan fingerprint density at radius 2 is 1.70 bits per heavy atom. The van der Waals surface area contributed by atoms with Gasteiger partial charge in [0.25, 0.3) is 11.8 Å². The van der Waals surface area contributed by atoms with Crippen LogP contribution in [0.4, 0.5) is 5.69 Å². The van der Waals surface area contributed by atoms with Crippen molar-refractivity contribution in [1.29, 1.82) is 0 Å². The van der Waals surface area contributed by atoms with E-state index in [4.69, 9.17) is 0 Å². The molecule has 1 aromatic carbocycles. The van der Waals surface area contributed by atoms with E-state index in [0.717, 1.165) is 25.7 Å². The second-order valence-corrected chi connectivity index (χ2v) is 6.41. The molecule has 0 aliphatic heterocycles. The number of nitrogens with zero attached hydrogens (tertiary/aromatic N) is 1. The van der Waals surface area contributed by atoms with E-state index in [1.54, 1.807) is 30.3 Å². The summed E-state index contributed by atoms with van der Waals surface area (Å²) in [5, 5.41) is 5.69. The first-order chi connectivity index (χ1) is 13.1. The van der Waals surface area contributed by atoms with Crippen LogP contribution < -0.4 is 10.6 Å². The van der Waals surface area contributed by atoms with Crippen molar-refractivity contribution >= 4 is 23.5 Å². The van der Waals surface area contributed by atoms with Crippen molar-refractivity contribution in [3.8, 4) is 0 Å². The van der Waals surface area contributed by atoms with E-state index < -0.39 is 5.97 Å².